The van der Waals surface area contributed by atoms with E-state index in [1.54, 1.807) is 68.1 Å². The topological polar surface area (TPSA) is 185 Å². The van der Waals surface area contributed by atoms with Crippen molar-refractivity contribution in [2.24, 2.45) is 0 Å². The van der Waals surface area contributed by atoms with Gasteiger partial charge in [-0.1, -0.05) is 11.6 Å². The van der Waals surface area contributed by atoms with E-state index in [4.69, 9.17) is 41.5 Å². The molecule has 8 heterocycles. The van der Waals surface area contributed by atoms with Crippen LogP contribution >= 0.6 is 11.6 Å². The quantitative estimate of drug-likeness (QED) is 0.143. The lowest BCUT2D eigenvalue weighted by Crippen LogP contribution is -2.45. The standard InChI is InChI=1S/C24H25FN6O.C23H21ClFN5O2.C6H13NO/c1-14-12-30(13-15(2)32-14)22-7-4-18(11-19(22)25)31-16(3)28-21-6-5-20(29-24(21)31)17-8-9-27-23(26)10-17;1-13-27-19-8-7-18(28-21(19)30(13)15-5-6-16(24)17(25)12-15)14-9-10-26-20(11-14)29-22(31)32-23(2,3)4;1-5-3-7-4-6(2)8-5/h4-11,14-15H,12-13H2,1-3H3,(H2,26,27);5-12H,1-4H3,(H,26,29,31);5-7H,3-4H2,1-2H3/t14-,15+;;5-,6+. The number of carbonyl (C=O) groups excluding carboxylic acids is 1. The second kappa shape index (κ2) is 21.7. The molecule has 72 heavy (non-hydrogen) atoms. The predicted molar refractivity (Wildman–Crippen MR) is 278 cm³/mol. The van der Waals surface area contributed by atoms with Crippen LogP contribution in [-0.4, -0.2) is 101 Å². The van der Waals surface area contributed by atoms with Crippen LogP contribution < -0.4 is 21.3 Å². The molecule has 0 unspecified atom stereocenters. The summed E-state index contributed by atoms with van der Waals surface area (Å²) < 4.78 is 49.4. The van der Waals surface area contributed by atoms with Crippen molar-refractivity contribution in [1.29, 1.82) is 0 Å². The number of nitrogens with one attached hydrogen (secondary N) is 2. The van der Waals surface area contributed by atoms with E-state index in [2.05, 4.69) is 44.4 Å². The molecule has 0 saturated carbocycles. The van der Waals surface area contributed by atoms with Gasteiger partial charge in [-0.2, -0.15) is 0 Å². The number of rotatable bonds is 6. The maximum absolute atomic E-state index is 15.2. The molecule has 6 aromatic heterocycles. The molecule has 0 radical (unpaired) electrons. The Bertz CT molecular complexity index is 3210. The molecule has 19 heteroatoms. The number of hydrogen-bond donors (Lipinski definition) is 3. The van der Waals surface area contributed by atoms with Gasteiger partial charge in [0.25, 0.3) is 0 Å². The highest BCUT2D eigenvalue weighted by molar-refractivity contribution is 6.30. The third kappa shape index (κ3) is 12.3. The number of hydrogen-bond acceptors (Lipinski definition) is 13. The molecule has 2 fully saturated rings. The number of nitrogen functional groups attached to an aromatic ring is 1. The van der Waals surface area contributed by atoms with Gasteiger partial charge in [-0.3, -0.25) is 14.5 Å². The van der Waals surface area contributed by atoms with Crippen molar-refractivity contribution in [2.75, 3.05) is 42.1 Å². The van der Waals surface area contributed by atoms with Crippen LogP contribution in [0.25, 0.3) is 56.2 Å². The lowest BCUT2D eigenvalue weighted by Gasteiger charge is -2.37. The molecule has 0 bridgehead atoms. The normalized spacial score (nSPS) is 18.0. The average Bonchev–Trinajstić information content (AvgIpc) is 3.83. The van der Waals surface area contributed by atoms with Crippen molar-refractivity contribution < 1.29 is 27.8 Å². The second-order valence-electron chi connectivity index (χ2n) is 18.9. The van der Waals surface area contributed by atoms with Crippen LogP contribution in [0.15, 0.2) is 97.3 Å². The number of imidazole rings is 2. The van der Waals surface area contributed by atoms with Gasteiger partial charge in [0, 0.05) is 55.8 Å². The number of fused-ring (bicyclic) bond motifs is 2. The molecule has 4 atom stereocenters. The minimum atomic E-state index is -0.619. The molecule has 2 aromatic carbocycles. The molecule has 1 amide bonds. The molecular weight excluding hydrogens is 942 g/mol. The highest BCUT2D eigenvalue weighted by atomic mass is 35.5. The van der Waals surface area contributed by atoms with E-state index in [1.165, 1.54) is 12.1 Å². The summed E-state index contributed by atoms with van der Waals surface area (Å²) >= 11 is 5.83. The summed E-state index contributed by atoms with van der Waals surface area (Å²) in [5.41, 5.74) is 12.7. The molecule has 2 aliphatic rings. The van der Waals surface area contributed by atoms with Gasteiger partial charge >= 0.3 is 6.09 Å². The molecule has 10 rings (SSSR count). The lowest BCUT2D eigenvalue weighted by atomic mass is 10.1. The number of pyridine rings is 4. The van der Waals surface area contributed by atoms with Gasteiger partial charge in [0.05, 0.1) is 57.9 Å². The first-order valence-electron chi connectivity index (χ1n) is 23.7. The molecule has 2 aliphatic heterocycles. The number of halogens is 3. The fraction of sp³-hybridized carbons (Fsp3) is 0.340. The lowest BCUT2D eigenvalue weighted by molar-refractivity contribution is -0.0166. The molecule has 0 spiro atoms. The van der Waals surface area contributed by atoms with Crippen LogP contribution in [0.5, 0.6) is 0 Å². The molecule has 0 aliphatic carbocycles. The number of amides is 1. The van der Waals surface area contributed by atoms with Crippen molar-refractivity contribution in [2.45, 2.75) is 92.3 Å². The number of anilines is 3. The van der Waals surface area contributed by atoms with E-state index in [0.717, 1.165) is 41.3 Å². The molecule has 16 nitrogen and oxygen atoms in total. The zero-order valence-corrected chi connectivity index (χ0v) is 42.5. The highest BCUT2D eigenvalue weighted by Gasteiger charge is 2.25. The summed E-state index contributed by atoms with van der Waals surface area (Å²) in [6.07, 6.45) is 3.55. The van der Waals surface area contributed by atoms with Gasteiger partial charge in [-0.15, -0.1) is 0 Å². The third-order valence-electron chi connectivity index (χ3n) is 11.5. The van der Waals surface area contributed by atoms with E-state index in [9.17, 15) is 9.18 Å². The number of ether oxygens (including phenoxy) is 3. The first kappa shape index (κ1) is 51.2. The van der Waals surface area contributed by atoms with Crippen molar-refractivity contribution in [3.05, 3.63) is 126 Å². The summed E-state index contributed by atoms with van der Waals surface area (Å²) in [5.74, 6) is 1.37. The van der Waals surface area contributed by atoms with Crippen molar-refractivity contribution >= 4 is 57.3 Å². The number of carbonyl (C=O) groups is 1. The summed E-state index contributed by atoms with van der Waals surface area (Å²) in [6, 6.07) is 24.5. The average molecular weight is 1000 g/mol. The smallest absolute Gasteiger partial charge is 0.413 e. The van der Waals surface area contributed by atoms with Crippen LogP contribution in [0.4, 0.5) is 30.9 Å². The predicted octanol–water partition coefficient (Wildman–Crippen LogP) is 10.4. The minimum absolute atomic E-state index is 0.0475. The van der Waals surface area contributed by atoms with Crippen LogP contribution in [0.3, 0.4) is 0 Å². The van der Waals surface area contributed by atoms with E-state index >= 15 is 4.39 Å². The SMILES string of the molecule is C[C@@H]1CNC[C@H](C)O1.Cc1nc2ccc(-c3ccnc(N)c3)nc2n1-c1ccc(N2C[C@@H](C)O[C@@H](C)C2)c(F)c1.Cc1nc2ccc(-c3ccnc(NC(=O)OC(C)(C)C)c3)nc2n1-c1ccc(Cl)c(F)c1. The summed E-state index contributed by atoms with van der Waals surface area (Å²) in [7, 11) is 0. The van der Waals surface area contributed by atoms with Crippen molar-refractivity contribution in [1.82, 2.24) is 44.4 Å². The van der Waals surface area contributed by atoms with Crippen molar-refractivity contribution in [3.63, 3.8) is 0 Å². The Morgan fingerprint density at radius 2 is 1.24 bits per heavy atom. The molecule has 8 aromatic rings. The maximum Gasteiger partial charge on any atom is 0.413 e. The Morgan fingerprint density at radius 1 is 0.708 bits per heavy atom. The van der Waals surface area contributed by atoms with Crippen LogP contribution in [0.2, 0.25) is 5.02 Å². The Hall–Kier alpha value is -7.12. The Labute approximate surface area is 422 Å². The Morgan fingerprint density at radius 3 is 1.75 bits per heavy atom. The number of morpholine rings is 2. The van der Waals surface area contributed by atoms with Crippen LogP contribution in [0.1, 0.15) is 60.1 Å². The van der Waals surface area contributed by atoms with Gasteiger partial charge in [-0.05, 0) is 141 Å². The summed E-state index contributed by atoms with van der Waals surface area (Å²) in [4.78, 5) is 41.0. The zero-order chi connectivity index (χ0) is 51.4. The van der Waals surface area contributed by atoms with E-state index < -0.39 is 17.5 Å². The van der Waals surface area contributed by atoms with Gasteiger partial charge in [0.15, 0.2) is 11.3 Å². The fourth-order valence-electron chi connectivity index (χ4n) is 8.63. The first-order chi connectivity index (χ1) is 34.3. The zero-order valence-electron chi connectivity index (χ0n) is 41.7. The largest absolute Gasteiger partial charge is 0.444 e. The Kier molecular flexibility index (Phi) is 15.4. The van der Waals surface area contributed by atoms with Crippen LogP contribution in [0, 0.1) is 25.5 Å². The van der Waals surface area contributed by atoms with E-state index in [0.29, 0.717) is 82.3 Å². The number of nitrogens with zero attached hydrogens (tertiary/aromatic N) is 9. The molecular formula is C53H59ClF2N12O4. The fourth-order valence-corrected chi connectivity index (χ4v) is 8.75. The van der Waals surface area contributed by atoms with Crippen molar-refractivity contribution in [3.8, 4) is 33.9 Å². The highest BCUT2D eigenvalue weighted by Crippen LogP contribution is 2.31. The van der Waals surface area contributed by atoms with Gasteiger partial charge < -0.3 is 30.2 Å². The van der Waals surface area contributed by atoms with Gasteiger partial charge in [-0.25, -0.2) is 43.5 Å². The maximum atomic E-state index is 15.2. The second-order valence-corrected chi connectivity index (χ2v) is 19.3. The number of nitrogens with two attached hydrogens (primary N) is 1. The number of benzene rings is 2. The van der Waals surface area contributed by atoms with Crippen LogP contribution in [-0.2, 0) is 14.2 Å². The monoisotopic (exact) mass is 1000 g/mol. The first-order valence-corrected chi connectivity index (χ1v) is 24.1. The van der Waals surface area contributed by atoms with E-state index in [-0.39, 0.29) is 23.0 Å². The number of aromatic nitrogens is 8. The molecule has 376 valence electrons. The molecule has 2 saturated heterocycles. The van der Waals surface area contributed by atoms with Gasteiger partial charge in [0.1, 0.15) is 51.6 Å². The summed E-state index contributed by atoms with van der Waals surface area (Å²) in [5, 5.41) is 5.93. The Balaban J connectivity index is 0.000000167. The number of aryl methyl sites for hydroxylation is 2. The van der Waals surface area contributed by atoms with Gasteiger partial charge in [0.2, 0.25) is 0 Å². The molecule has 4 N–H and O–H groups in total. The summed E-state index contributed by atoms with van der Waals surface area (Å²) in [6.45, 7) is 20.6. The van der Waals surface area contributed by atoms with E-state index in [1.807, 2.05) is 79.6 Å². The third-order valence-corrected chi connectivity index (χ3v) is 11.9. The minimum Gasteiger partial charge on any atom is -0.444 e.